The molecule has 0 bridgehead atoms. The second kappa shape index (κ2) is 2.23. The van der Waals surface area contributed by atoms with E-state index in [2.05, 4.69) is 10.1 Å². The smallest absolute Gasteiger partial charge is 0.407 e. The van der Waals surface area contributed by atoms with Crippen LogP contribution in [0.5, 0.6) is 0 Å². The highest BCUT2D eigenvalue weighted by atomic mass is 16.6. The van der Waals surface area contributed by atoms with Crippen LogP contribution < -0.4 is 5.32 Å². The summed E-state index contributed by atoms with van der Waals surface area (Å²) in [5.41, 5.74) is 0. The van der Waals surface area contributed by atoms with Crippen molar-refractivity contribution in [2.75, 3.05) is 6.61 Å². The van der Waals surface area contributed by atoms with Crippen molar-refractivity contribution in [2.45, 2.75) is 19.1 Å². The molecule has 2 atom stereocenters. The van der Waals surface area contributed by atoms with Gasteiger partial charge in [0.1, 0.15) is 6.10 Å². The molecule has 52 valence electrons. The molecule has 1 aliphatic heterocycles. The summed E-state index contributed by atoms with van der Waals surface area (Å²) in [5.74, 6) is 0. The van der Waals surface area contributed by atoms with E-state index in [1.54, 1.807) is 6.92 Å². The molecule has 1 amide bonds. The number of rotatable bonds is 1. The number of amides is 1. The maximum absolute atomic E-state index is 10.4. The van der Waals surface area contributed by atoms with Gasteiger partial charge in [-0.25, -0.2) is 4.79 Å². The van der Waals surface area contributed by atoms with Crippen LogP contribution in [-0.4, -0.2) is 30.0 Å². The number of ether oxygens (including phenoxy) is 1. The van der Waals surface area contributed by atoms with Gasteiger partial charge in [-0.3, -0.25) is 0 Å². The van der Waals surface area contributed by atoms with Crippen molar-refractivity contribution in [3.63, 3.8) is 0 Å². The van der Waals surface area contributed by atoms with Crippen LogP contribution in [0, 0.1) is 0 Å². The van der Waals surface area contributed by atoms with E-state index in [0.29, 0.717) is 0 Å². The Labute approximate surface area is 52.8 Å². The van der Waals surface area contributed by atoms with Gasteiger partial charge in [-0.15, -0.1) is 0 Å². The second-order valence-corrected chi connectivity index (χ2v) is 2.06. The highest BCUT2D eigenvalue weighted by molar-refractivity contribution is 5.70. The lowest BCUT2D eigenvalue weighted by atomic mass is 10.2. The Balaban J connectivity index is 2.47. The van der Waals surface area contributed by atoms with E-state index in [4.69, 9.17) is 5.11 Å². The van der Waals surface area contributed by atoms with Crippen molar-refractivity contribution < 1.29 is 14.6 Å². The first-order chi connectivity index (χ1) is 4.24. The fourth-order valence-electron chi connectivity index (χ4n) is 0.748. The number of nitrogens with one attached hydrogen (secondary N) is 1. The zero-order valence-corrected chi connectivity index (χ0v) is 5.13. The molecule has 0 saturated carbocycles. The Morgan fingerprint density at radius 3 is 2.78 bits per heavy atom. The zero-order valence-electron chi connectivity index (χ0n) is 5.13. The molecule has 0 aromatic rings. The molecule has 1 saturated heterocycles. The number of hydrogen-bond donors (Lipinski definition) is 2. The van der Waals surface area contributed by atoms with E-state index >= 15 is 0 Å². The first kappa shape index (κ1) is 6.35. The molecule has 4 heteroatoms. The van der Waals surface area contributed by atoms with Gasteiger partial charge in [-0.05, 0) is 6.92 Å². The van der Waals surface area contributed by atoms with Crippen LogP contribution in [0.1, 0.15) is 6.92 Å². The van der Waals surface area contributed by atoms with E-state index in [0.717, 1.165) is 0 Å². The molecule has 0 aliphatic carbocycles. The third-order valence-electron chi connectivity index (χ3n) is 1.34. The van der Waals surface area contributed by atoms with E-state index in [1.165, 1.54) is 0 Å². The zero-order chi connectivity index (χ0) is 6.85. The van der Waals surface area contributed by atoms with Crippen molar-refractivity contribution in [3.8, 4) is 0 Å². The molecular weight excluding hydrogens is 122 g/mol. The van der Waals surface area contributed by atoms with Gasteiger partial charge in [0.2, 0.25) is 0 Å². The van der Waals surface area contributed by atoms with Gasteiger partial charge in [0.15, 0.2) is 0 Å². The van der Waals surface area contributed by atoms with E-state index in [1.807, 2.05) is 0 Å². The van der Waals surface area contributed by atoms with Crippen LogP contribution in [-0.2, 0) is 4.74 Å². The Morgan fingerprint density at radius 2 is 2.56 bits per heavy atom. The monoisotopic (exact) mass is 131 g/mol. The summed E-state index contributed by atoms with van der Waals surface area (Å²) in [5, 5.41) is 11.0. The average Bonchev–Trinajstić information content (AvgIpc) is 2.10. The van der Waals surface area contributed by atoms with Crippen LogP contribution in [0.4, 0.5) is 4.79 Å². The maximum atomic E-state index is 10.4. The lowest BCUT2D eigenvalue weighted by molar-refractivity contribution is 0.0853. The van der Waals surface area contributed by atoms with Crippen LogP contribution >= 0.6 is 0 Å². The highest BCUT2D eigenvalue weighted by Crippen LogP contribution is 2.05. The highest BCUT2D eigenvalue weighted by Gasteiger charge is 2.29. The Hall–Kier alpha value is -0.770. The summed E-state index contributed by atoms with van der Waals surface area (Å²) in [7, 11) is 0. The standard InChI is InChI=1S/C5H9NO3/c1-3-4(2-7)9-5(8)6-3/h3-4,7H,2H2,1H3,(H,6,8)/t3-,4+/m0/s1. The average molecular weight is 131 g/mol. The number of carbonyl (C=O) groups is 1. The SMILES string of the molecule is C[C@@H]1NC(=O)O[C@@H]1CO. The number of alkyl carbamates (subject to hydrolysis) is 1. The fraction of sp³-hybridized carbons (Fsp3) is 0.800. The van der Waals surface area contributed by atoms with Gasteiger partial charge in [-0.1, -0.05) is 0 Å². The van der Waals surface area contributed by atoms with Crippen molar-refractivity contribution in [1.82, 2.24) is 5.32 Å². The Morgan fingerprint density at radius 1 is 1.89 bits per heavy atom. The van der Waals surface area contributed by atoms with E-state index < -0.39 is 6.09 Å². The minimum atomic E-state index is -0.443. The molecule has 0 spiro atoms. The number of aliphatic hydroxyl groups excluding tert-OH is 1. The molecule has 1 rings (SSSR count). The van der Waals surface area contributed by atoms with Gasteiger partial charge < -0.3 is 15.2 Å². The largest absolute Gasteiger partial charge is 0.442 e. The molecule has 9 heavy (non-hydrogen) atoms. The van der Waals surface area contributed by atoms with E-state index in [9.17, 15) is 4.79 Å². The van der Waals surface area contributed by atoms with Crippen LogP contribution in [0.2, 0.25) is 0 Å². The summed E-state index contributed by atoms with van der Waals surface area (Å²) < 4.78 is 4.62. The van der Waals surface area contributed by atoms with Crippen molar-refractivity contribution in [1.29, 1.82) is 0 Å². The molecule has 0 aromatic carbocycles. The molecule has 0 radical (unpaired) electrons. The van der Waals surface area contributed by atoms with E-state index in [-0.39, 0.29) is 18.8 Å². The molecule has 1 fully saturated rings. The third-order valence-corrected chi connectivity index (χ3v) is 1.34. The lowest BCUT2D eigenvalue weighted by Crippen LogP contribution is -2.29. The van der Waals surface area contributed by atoms with Gasteiger partial charge in [0.05, 0.1) is 12.6 Å². The summed E-state index contributed by atoms with van der Waals surface area (Å²) in [6.45, 7) is 1.67. The Kier molecular flexibility index (Phi) is 1.57. The normalized spacial score (nSPS) is 33.8. The summed E-state index contributed by atoms with van der Waals surface area (Å²) in [6, 6.07) is -0.0671. The number of aliphatic hydroxyl groups is 1. The number of carbonyl (C=O) groups excluding carboxylic acids is 1. The first-order valence-electron chi connectivity index (χ1n) is 2.82. The minimum absolute atomic E-state index is 0.0671. The maximum Gasteiger partial charge on any atom is 0.407 e. The summed E-state index contributed by atoms with van der Waals surface area (Å²) >= 11 is 0. The number of cyclic esters (lactones) is 1. The molecule has 0 aromatic heterocycles. The second-order valence-electron chi connectivity index (χ2n) is 2.06. The van der Waals surface area contributed by atoms with Crippen LogP contribution in [0.25, 0.3) is 0 Å². The minimum Gasteiger partial charge on any atom is -0.442 e. The molecule has 2 N–H and O–H groups in total. The van der Waals surface area contributed by atoms with Gasteiger partial charge >= 0.3 is 6.09 Å². The van der Waals surface area contributed by atoms with Crippen LogP contribution in [0.3, 0.4) is 0 Å². The molecule has 1 aliphatic rings. The topological polar surface area (TPSA) is 58.6 Å². The molecular formula is C5H9NO3. The van der Waals surface area contributed by atoms with Crippen molar-refractivity contribution in [2.24, 2.45) is 0 Å². The van der Waals surface area contributed by atoms with Crippen molar-refractivity contribution >= 4 is 6.09 Å². The third kappa shape index (κ3) is 1.13. The van der Waals surface area contributed by atoms with Crippen LogP contribution in [0.15, 0.2) is 0 Å². The lowest BCUT2D eigenvalue weighted by Gasteiger charge is -2.06. The quantitative estimate of drug-likeness (QED) is 0.503. The van der Waals surface area contributed by atoms with Gasteiger partial charge in [-0.2, -0.15) is 0 Å². The predicted molar refractivity (Wildman–Crippen MR) is 30.0 cm³/mol. The molecule has 4 nitrogen and oxygen atoms in total. The molecule has 1 heterocycles. The van der Waals surface area contributed by atoms with Gasteiger partial charge in [0, 0.05) is 0 Å². The number of hydrogen-bond acceptors (Lipinski definition) is 3. The summed E-state index contributed by atoms with van der Waals surface area (Å²) in [4.78, 5) is 10.4. The summed E-state index contributed by atoms with van der Waals surface area (Å²) in [6.07, 6.45) is -0.806. The van der Waals surface area contributed by atoms with Gasteiger partial charge in [0.25, 0.3) is 0 Å². The molecule has 0 unspecified atom stereocenters. The van der Waals surface area contributed by atoms with Crippen molar-refractivity contribution in [3.05, 3.63) is 0 Å². The fourth-order valence-corrected chi connectivity index (χ4v) is 0.748. The Bertz CT molecular complexity index is 125. The first-order valence-corrected chi connectivity index (χ1v) is 2.82. The predicted octanol–water partition coefficient (Wildman–Crippen LogP) is -0.524.